The van der Waals surface area contributed by atoms with Gasteiger partial charge in [0, 0.05) is 5.54 Å². The van der Waals surface area contributed by atoms with E-state index < -0.39 is 0 Å². The summed E-state index contributed by atoms with van der Waals surface area (Å²) in [4.78, 5) is 0. The molecule has 0 aromatic heterocycles. The first kappa shape index (κ1) is 12.1. The zero-order valence-electron chi connectivity index (χ0n) is 9.46. The fourth-order valence-electron chi connectivity index (χ4n) is 1.31. The lowest BCUT2D eigenvalue weighted by Gasteiger charge is -2.13. The molecule has 2 heteroatoms. The van der Waals surface area contributed by atoms with Crippen LogP contribution in [0.5, 0.6) is 5.75 Å². The van der Waals surface area contributed by atoms with Crippen molar-refractivity contribution in [1.82, 2.24) is 0 Å². The summed E-state index contributed by atoms with van der Waals surface area (Å²) in [5, 5.41) is 0. The van der Waals surface area contributed by atoms with E-state index in [1.165, 1.54) is 5.56 Å². The Morgan fingerprint density at radius 3 is 2.67 bits per heavy atom. The van der Waals surface area contributed by atoms with Gasteiger partial charge >= 0.3 is 0 Å². The van der Waals surface area contributed by atoms with E-state index in [4.69, 9.17) is 16.3 Å². The lowest BCUT2D eigenvalue weighted by molar-refractivity contribution is 0.347. The molecule has 0 bridgehead atoms. The van der Waals surface area contributed by atoms with Gasteiger partial charge in [-0.3, -0.25) is 0 Å². The van der Waals surface area contributed by atoms with Crippen molar-refractivity contribution in [2.75, 3.05) is 6.61 Å². The molecule has 0 N–H and O–H groups in total. The molecule has 1 aromatic rings. The summed E-state index contributed by atoms with van der Waals surface area (Å²) in [7, 11) is 0. The second-order valence-electron chi connectivity index (χ2n) is 3.94. The predicted octanol–water partition coefficient (Wildman–Crippen LogP) is 4.33. The quantitative estimate of drug-likeness (QED) is 0.740. The summed E-state index contributed by atoms with van der Waals surface area (Å²) < 4.78 is 5.70. The van der Waals surface area contributed by atoms with Crippen LogP contribution in [-0.2, 0) is 0 Å². The molecular weight excluding hydrogens is 208 g/mol. The van der Waals surface area contributed by atoms with Gasteiger partial charge in [-0.25, -0.2) is 0 Å². The van der Waals surface area contributed by atoms with Crippen molar-refractivity contribution in [2.45, 2.75) is 26.7 Å². The highest BCUT2D eigenvalue weighted by molar-refractivity contribution is 6.25. The van der Waals surface area contributed by atoms with E-state index in [1.54, 1.807) is 5.54 Å². The predicted molar refractivity (Wildman–Crippen MR) is 65.6 cm³/mol. The van der Waals surface area contributed by atoms with Crippen molar-refractivity contribution in [3.63, 3.8) is 0 Å². The van der Waals surface area contributed by atoms with Crippen molar-refractivity contribution in [3.8, 4) is 5.75 Å². The third-order valence-corrected chi connectivity index (χ3v) is 2.56. The van der Waals surface area contributed by atoms with E-state index in [0.29, 0.717) is 12.5 Å². The minimum atomic E-state index is 0.474. The van der Waals surface area contributed by atoms with E-state index in [-0.39, 0.29) is 0 Å². The molecule has 0 atom stereocenters. The average Bonchev–Trinajstić information content (AvgIpc) is 2.26. The first-order valence-electron chi connectivity index (χ1n) is 5.12. The smallest absolute Gasteiger partial charge is 0.123 e. The molecule has 1 nitrogen and oxygen atoms in total. The molecule has 0 saturated heterocycles. The van der Waals surface area contributed by atoms with E-state index in [1.807, 2.05) is 25.1 Å². The summed E-state index contributed by atoms with van der Waals surface area (Å²) in [5.41, 5.74) is 3.81. The van der Waals surface area contributed by atoms with Gasteiger partial charge in [0.25, 0.3) is 0 Å². The summed E-state index contributed by atoms with van der Waals surface area (Å²) in [5.74, 6) is 1.42. The van der Waals surface area contributed by atoms with Crippen LogP contribution in [0, 0.1) is 0 Å². The zero-order valence-corrected chi connectivity index (χ0v) is 10.2. The van der Waals surface area contributed by atoms with Gasteiger partial charge in [-0.2, -0.15) is 0 Å². The maximum atomic E-state index is 5.70. The average molecular weight is 225 g/mol. The van der Waals surface area contributed by atoms with Crippen LogP contribution in [0.3, 0.4) is 0 Å². The first-order valence-corrected chi connectivity index (χ1v) is 5.56. The molecule has 0 heterocycles. The van der Waals surface area contributed by atoms with E-state index >= 15 is 0 Å². The summed E-state index contributed by atoms with van der Waals surface area (Å²) in [6, 6.07) is 8.12. The highest BCUT2D eigenvalue weighted by Gasteiger charge is 2.06. The number of rotatable bonds is 4. The van der Waals surface area contributed by atoms with Gasteiger partial charge in [0.2, 0.25) is 0 Å². The maximum absolute atomic E-state index is 5.70. The Labute approximate surface area is 96.7 Å². The van der Waals surface area contributed by atoms with Gasteiger partial charge in [0.1, 0.15) is 12.4 Å². The highest BCUT2D eigenvalue weighted by atomic mass is 35.5. The first-order chi connectivity index (χ1) is 7.15. The molecular formula is C13H17ClO. The number of benzene rings is 1. The van der Waals surface area contributed by atoms with E-state index in [2.05, 4.69) is 19.9 Å². The molecule has 15 heavy (non-hydrogen) atoms. The largest absolute Gasteiger partial charge is 0.489 e. The lowest BCUT2D eigenvalue weighted by Crippen LogP contribution is -2.01. The topological polar surface area (TPSA) is 9.23 Å². The number of ether oxygens (including phenoxy) is 1. The number of para-hydroxylation sites is 1. The molecule has 1 aromatic carbocycles. The highest BCUT2D eigenvalue weighted by Crippen LogP contribution is 2.26. The standard InChI is InChI=1S/C13H17ClO/c1-10(2)12-6-4-5-7-13(12)15-9-11(3)8-14/h4-8,10H,9H2,1-3H3/b11-8+. The molecule has 0 saturated carbocycles. The van der Waals surface area contributed by atoms with Crippen LogP contribution in [0.15, 0.2) is 35.4 Å². The van der Waals surface area contributed by atoms with Crippen LogP contribution < -0.4 is 4.74 Å². The van der Waals surface area contributed by atoms with Crippen LogP contribution in [-0.4, -0.2) is 6.61 Å². The van der Waals surface area contributed by atoms with Crippen LogP contribution in [0.4, 0.5) is 0 Å². The fraction of sp³-hybridized carbons (Fsp3) is 0.385. The monoisotopic (exact) mass is 224 g/mol. The van der Waals surface area contributed by atoms with Crippen LogP contribution >= 0.6 is 11.6 Å². The molecule has 0 aliphatic heterocycles. The molecule has 82 valence electrons. The van der Waals surface area contributed by atoms with E-state index in [9.17, 15) is 0 Å². The third-order valence-electron chi connectivity index (χ3n) is 2.18. The summed E-state index contributed by atoms with van der Waals surface area (Å²) >= 11 is 5.58. The second kappa shape index (κ2) is 5.82. The Balaban J connectivity index is 2.76. The van der Waals surface area contributed by atoms with Gasteiger partial charge in [-0.05, 0) is 30.0 Å². The third kappa shape index (κ3) is 3.60. The van der Waals surface area contributed by atoms with Crippen molar-refractivity contribution in [2.24, 2.45) is 0 Å². The Bertz CT molecular complexity index is 342. The Morgan fingerprint density at radius 1 is 1.40 bits per heavy atom. The van der Waals surface area contributed by atoms with Crippen LogP contribution in [0.1, 0.15) is 32.3 Å². The van der Waals surface area contributed by atoms with Crippen molar-refractivity contribution in [1.29, 1.82) is 0 Å². The van der Waals surface area contributed by atoms with Gasteiger partial charge in [-0.15, -0.1) is 0 Å². The number of hydrogen-bond acceptors (Lipinski definition) is 1. The second-order valence-corrected chi connectivity index (χ2v) is 4.15. The van der Waals surface area contributed by atoms with Crippen molar-refractivity contribution < 1.29 is 4.74 Å². The zero-order chi connectivity index (χ0) is 11.3. The molecule has 0 fully saturated rings. The fourth-order valence-corrected chi connectivity index (χ4v) is 1.38. The van der Waals surface area contributed by atoms with Crippen molar-refractivity contribution in [3.05, 3.63) is 40.9 Å². The van der Waals surface area contributed by atoms with Gasteiger partial charge in [0.05, 0.1) is 0 Å². The molecule has 0 unspecified atom stereocenters. The SMILES string of the molecule is C/C(=C\Cl)COc1ccccc1C(C)C. The Morgan fingerprint density at radius 2 is 2.07 bits per heavy atom. The maximum Gasteiger partial charge on any atom is 0.123 e. The van der Waals surface area contributed by atoms with Crippen molar-refractivity contribution >= 4 is 11.6 Å². The number of hydrogen-bond donors (Lipinski definition) is 0. The molecule has 0 aliphatic rings. The lowest BCUT2D eigenvalue weighted by atomic mass is 10.0. The van der Waals surface area contributed by atoms with E-state index in [0.717, 1.165) is 11.3 Å². The molecule has 0 radical (unpaired) electrons. The van der Waals surface area contributed by atoms with Gasteiger partial charge in [0.15, 0.2) is 0 Å². The minimum absolute atomic E-state index is 0.474. The molecule has 1 rings (SSSR count). The van der Waals surface area contributed by atoms with Crippen LogP contribution in [0.2, 0.25) is 0 Å². The Hall–Kier alpha value is -0.950. The molecule has 0 spiro atoms. The van der Waals surface area contributed by atoms with Crippen LogP contribution in [0.25, 0.3) is 0 Å². The summed E-state index contributed by atoms with van der Waals surface area (Å²) in [6.45, 7) is 6.82. The van der Waals surface area contributed by atoms with Gasteiger partial charge in [-0.1, -0.05) is 43.6 Å². The van der Waals surface area contributed by atoms with Gasteiger partial charge < -0.3 is 4.74 Å². The Kier molecular flexibility index (Phi) is 4.70. The molecule has 0 aliphatic carbocycles. The molecule has 0 amide bonds. The normalized spacial score (nSPS) is 11.9. The summed E-state index contributed by atoms with van der Waals surface area (Å²) in [6.07, 6.45) is 0. The number of halogens is 1. The minimum Gasteiger partial charge on any atom is -0.489 e.